The summed E-state index contributed by atoms with van der Waals surface area (Å²) in [5, 5.41) is 13.4. The van der Waals surface area contributed by atoms with Crippen molar-refractivity contribution in [3.63, 3.8) is 0 Å². The highest BCUT2D eigenvalue weighted by molar-refractivity contribution is 4.85. The van der Waals surface area contributed by atoms with Crippen LogP contribution < -0.4 is 5.32 Å². The molecule has 0 aliphatic heterocycles. The van der Waals surface area contributed by atoms with Crippen LogP contribution in [0.4, 0.5) is 0 Å². The average Bonchev–Trinajstić information content (AvgIpc) is 2.70. The molecule has 0 amide bonds. The van der Waals surface area contributed by atoms with E-state index in [0.717, 1.165) is 51.8 Å². The zero-order chi connectivity index (χ0) is 11.7. The molecule has 0 saturated heterocycles. The zero-order valence-corrected chi connectivity index (χ0v) is 10.3. The first-order valence-electron chi connectivity index (χ1n) is 6.27. The van der Waals surface area contributed by atoms with Gasteiger partial charge in [-0.15, -0.1) is 0 Å². The minimum Gasteiger partial charge on any atom is -0.389 e. The molecule has 0 bridgehead atoms. The minimum atomic E-state index is -0.434. The van der Waals surface area contributed by atoms with Crippen molar-refractivity contribution in [1.82, 2.24) is 5.32 Å². The van der Waals surface area contributed by atoms with Crippen molar-refractivity contribution in [1.29, 1.82) is 0 Å². The first-order chi connectivity index (χ1) is 7.77. The molecule has 0 heterocycles. The second kappa shape index (κ2) is 8.01. The Morgan fingerprint density at radius 1 is 1.19 bits per heavy atom. The predicted molar refractivity (Wildman–Crippen MR) is 63.6 cm³/mol. The van der Waals surface area contributed by atoms with Gasteiger partial charge in [-0.3, -0.25) is 0 Å². The molecular weight excluding hydrogens is 206 g/mol. The number of hydrogen-bond donors (Lipinski definition) is 2. The third-order valence-electron chi connectivity index (χ3n) is 3.06. The molecule has 0 radical (unpaired) electrons. The van der Waals surface area contributed by atoms with E-state index in [1.807, 2.05) is 0 Å². The number of ether oxygens (including phenoxy) is 2. The quantitative estimate of drug-likeness (QED) is 0.580. The van der Waals surface area contributed by atoms with Crippen molar-refractivity contribution in [2.75, 3.05) is 40.0 Å². The Morgan fingerprint density at radius 2 is 1.94 bits per heavy atom. The summed E-state index contributed by atoms with van der Waals surface area (Å²) in [6.45, 7) is 3.72. The lowest BCUT2D eigenvalue weighted by atomic mass is 10.0. The van der Waals surface area contributed by atoms with Gasteiger partial charge in [-0.2, -0.15) is 0 Å². The predicted octanol–water partition coefficient (Wildman–Crippen LogP) is 0.934. The van der Waals surface area contributed by atoms with E-state index < -0.39 is 5.60 Å². The van der Waals surface area contributed by atoms with Crippen LogP contribution in [-0.4, -0.2) is 50.7 Å². The molecule has 0 aromatic heterocycles. The van der Waals surface area contributed by atoms with E-state index in [4.69, 9.17) is 9.47 Å². The third-order valence-corrected chi connectivity index (χ3v) is 3.06. The lowest BCUT2D eigenvalue weighted by Gasteiger charge is -2.22. The number of rotatable bonds is 9. The summed E-state index contributed by atoms with van der Waals surface area (Å²) >= 11 is 0. The zero-order valence-electron chi connectivity index (χ0n) is 10.3. The molecule has 1 fully saturated rings. The second-order valence-electron chi connectivity index (χ2n) is 4.57. The summed E-state index contributed by atoms with van der Waals surface area (Å²) in [4.78, 5) is 0. The highest BCUT2D eigenvalue weighted by Crippen LogP contribution is 2.28. The van der Waals surface area contributed by atoms with Crippen LogP contribution in [0.5, 0.6) is 0 Å². The van der Waals surface area contributed by atoms with Crippen LogP contribution in [0, 0.1) is 0 Å². The smallest absolute Gasteiger partial charge is 0.0771 e. The Bertz CT molecular complexity index is 170. The van der Waals surface area contributed by atoms with Gasteiger partial charge in [-0.05, 0) is 25.8 Å². The monoisotopic (exact) mass is 231 g/mol. The Labute approximate surface area is 98.3 Å². The van der Waals surface area contributed by atoms with Gasteiger partial charge >= 0.3 is 0 Å². The maximum absolute atomic E-state index is 10.1. The number of hydrogen-bond acceptors (Lipinski definition) is 4. The number of nitrogens with one attached hydrogen (secondary N) is 1. The van der Waals surface area contributed by atoms with E-state index in [9.17, 15) is 5.11 Å². The molecule has 1 aliphatic carbocycles. The standard InChI is InChI=1S/C12H25NO3/c1-15-9-10-16-8-4-7-13-11-12(14)5-2-3-6-12/h13-14H,2-11H2,1H3. The first-order valence-corrected chi connectivity index (χ1v) is 6.27. The maximum atomic E-state index is 10.1. The van der Waals surface area contributed by atoms with Gasteiger partial charge in [0.05, 0.1) is 18.8 Å². The largest absolute Gasteiger partial charge is 0.389 e. The van der Waals surface area contributed by atoms with Gasteiger partial charge < -0.3 is 19.9 Å². The van der Waals surface area contributed by atoms with E-state index in [-0.39, 0.29) is 0 Å². The van der Waals surface area contributed by atoms with Crippen LogP contribution in [-0.2, 0) is 9.47 Å². The van der Waals surface area contributed by atoms with Crippen molar-refractivity contribution in [2.45, 2.75) is 37.7 Å². The molecule has 2 N–H and O–H groups in total. The van der Waals surface area contributed by atoms with E-state index in [1.54, 1.807) is 7.11 Å². The summed E-state index contributed by atoms with van der Waals surface area (Å²) in [5.41, 5.74) is -0.434. The Morgan fingerprint density at radius 3 is 2.62 bits per heavy atom. The Balaban J connectivity index is 1.84. The fourth-order valence-electron chi connectivity index (χ4n) is 2.07. The summed E-state index contributed by atoms with van der Waals surface area (Å²) in [6, 6.07) is 0. The molecule has 4 heteroatoms. The van der Waals surface area contributed by atoms with Crippen LogP contribution >= 0.6 is 0 Å². The molecule has 16 heavy (non-hydrogen) atoms. The second-order valence-corrected chi connectivity index (χ2v) is 4.57. The molecule has 96 valence electrons. The van der Waals surface area contributed by atoms with E-state index >= 15 is 0 Å². The highest BCUT2D eigenvalue weighted by atomic mass is 16.5. The first kappa shape index (κ1) is 13.9. The fourth-order valence-corrected chi connectivity index (χ4v) is 2.07. The third kappa shape index (κ3) is 5.80. The average molecular weight is 231 g/mol. The van der Waals surface area contributed by atoms with Crippen molar-refractivity contribution < 1.29 is 14.6 Å². The number of aliphatic hydroxyl groups is 1. The molecule has 0 atom stereocenters. The van der Waals surface area contributed by atoms with Crippen LogP contribution in [0.3, 0.4) is 0 Å². The van der Waals surface area contributed by atoms with Crippen molar-refractivity contribution >= 4 is 0 Å². The summed E-state index contributed by atoms with van der Waals surface area (Å²) in [7, 11) is 1.67. The van der Waals surface area contributed by atoms with Gasteiger partial charge in [0.25, 0.3) is 0 Å². The van der Waals surface area contributed by atoms with Gasteiger partial charge in [0, 0.05) is 20.3 Å². The molecule has 1 rings (SSSR count). The van der Waals surface area contributed by atoms with Gasteiger partial charge in [0.15, 0.2) is 0 Å². The topological polar surface area (TPSA) is 50.7 Å². The molecule has 1 aliphatic rings. The van der Waals surface area contributed by atoms with E-state index in [0.29, 0.717) is 13.2 Å². The van der Waals surface area contributed by atoms with Crippen LogP contribution in [0.15, 0.2) is 0 Å². The highest BCUT2D eigenvalue weighted by Gasteiger charge is 2.30. The molecule has 0 aromatic rings. The molecule has 4 nitrogen and oxygen atoms in total. The summed E-state index contributed by atoms with van der Waals surface area (Å²) in [6.07, 6.45) is 5.21. The number of methoxy groups -OCH3 is 1. The van der Waals surface area contributed by atoms with E-state index in [2.05, 4.69) is 5.32 Å². The van der Waals surface area contributed by atoms with Crippen LogP contribution in [0.25, 0.3) is 0 Å². The van der Waals surface area contributed by atoms with Crippen molar-refractivity contribution in [3.05, 3.63) is 0 Å². The lowest BCUT2D eigenvalue weighted by Crippen LogP contribution is -2.38. The molecule has 1 saturated carbocycles. The van der Waals surface area contributed by atoms with Crippen molar-refractivity contribution in [3.8, 4) is 0 Å². The van der Waals surface area contributed by atoms with Crippen LogP contribution in [0.2, 0.25) is 0 Å². The molecule has 0 aromatic carbocycles. The van der Waals surface area contributed by atoms with Crippen molar-refractivity contribution in [2.24, 2.45) is 0 Å². The lowest BCUT2D eigenvalue weighted by molar-refractivity contribution is 0.0454. The van der Waals surface area contributed by atoms with Gasteiger partial charge in [-0.25, -0.2) is 0 Å². The van der Waals surface area contributed by atoms with Gasteiger partial charge in [0.2, 0.25) is 0 Å². The SMILES string of the molecule is COCCOCCCNCC1(O)CCCC1. The Hall–Kier alpha value is -0.160. The van der Waals surface area contributed by atoms with Gasteiger partial charge in [0.1, 0.15) is 0 Å². The van der Waals surface area contributed by atoms with Gasteiger partial charge in [-0.1, -0.05) is 12.8 Å². The van der Waals surface area contributed by atoms with Crippen LogP contribution in [0.1, 0.15) is 32.1 Å². The summed E-state index contributed by atoms with van der Waals surface area (Å²) in [5.74, 6) is 0. The fraction of sp³-hybridized carbons (Fsp3) is 1.00. The Kier molecular flexibility index (Phi) is 6.96. The molecule has 0 spiro atoms. The minimum absolute atomic E-state index is 0.434. The van der Waals surface area contributed by atoms with E-state index in [1.165, 1.54) is 0 Å². The molecular formula is C12H25NO3. The molecule has 0 unspecified atom stereocenters. The maximum Gasteiger partial charge on any atom is 0.0771 e. The normalized spacial score (nSPS) is 19.1. The summed E-state index contributed by atoms with van der Waals surface area (Å²) < 4.78 is 10.2.